The minimum atomic E-state index is -0.245. The summed E-state index contributed by atoms with van der Waals surface area (Å²) >= 11 is 6.03. The van der Waals surface area contributed by atoms with Crippen LogP contribution in [-0.2, 0) is 0 Å². The summed E-state index contributed by atoms with van der Waals surface area (Å²) in [6.45, 7) is 1.28. The van der Waals surface area contributed by atoms with E-state index in [4.69, 9.17) is 16.3 Å². The molecule has 0 aliphatic carbocycles. The third-order valence-electron chi connectivity index (χ3n) is 4.70. The van der Waals surface area contributed by atoms with Gasteiger partial charge < -0.3 is 15.0 Å². The first kappa shape index (κ1) is 18.5. The van der Waals surface area contributed by atoms with E-state index < -0.39 is 0 Å². The van der Waals surface area contributed by atoms with E-state index in [1.807, 2.05) is 0 Å². The van der Waals surface area contributed by atoms with Crippen LogP contribution in [-0.4, -0.2) is 31.1 Å². The Bertz CT molecular complexity index is 767. The van der Waals surface area contributed by atoms with Crippen molar-refractivity contribution in [2.24, 2.45) is 0 Å². The Morgan fingerprint density at radius 1 is 1.23 bits per heavy atom. The van der Waals surface area contributed by atoms with Gasteiger partial charge in [0.25, 0.3) is 0 Å². The Morgan fingerprint density at radius 3 is 2.73 bits per heavy atom. The molecule has 1 fully saturated rings. The summed E-state index contributed by atoms with van der Waals surface area (Å²) in [5.74, 6) is 0.516. The van der Waals surface area contributed by atoms with Gasteiger partial charge >= 0.3 is 6.03 Å². The monoisotopic (exact) mass is 376 g/mol. The maximum absolute atomic E-state index is 13.2. The predicted octanol–water partition coefficient (Wildman–Crippen LogP) is 5.29. The van der Waals surface area contributed by atoms with Crippen LogP contribution in [0.15, 0.2) is 42.5 Å². The van der Waals surface area contributed by atoms with E-state index in [2.05, 4.69) is 5.32 Å². The zero-order valence-corrected chi connectivity index (χ0v) is 15.4. The first-order valence-corrected chi connectivity index (χ1v) is 9.09. The number of carbonyl (C=O) groups excluding carboxylic acids is 1. The van der Waals surface area contributed by atoms with Crippen molar-refractivity contribution in [2.45, 2.75) is 25.2 Å². The van der Waals surface area contributed by atoms with Crippen molar-refractivity contribution in [1.82, 2.24) is 4.90 Å². The van der Waals surface area contributed by atoms with Crippen LogP contribution >= 0.6 is 11.6 Å². The molecule has 0 radical (unpaired) electrons. The molecule has 26 heavy (non-hydrogen) atoms. The van der Waals surface area contributed by atoms with Gasteiger partial charge in [0.15, 0.2) is 0 Å². The minimum absolute atomic E-state index is 0.181. The second kappa shape index (κ2) is 8.41. The Morgan fingerprint density at radius 2 is 2.00 bits per heavy atom. The van der Waals surface area contributed by atoms with E-state index in [0.29, 0.717) is 29.5 Å². The number of nitrogens with one attached hydrogen (secondary N) is 1. The molecule has 6 heteroatoms. The highest BCUT2D eigenvalue weighted by molar-refractivity contribution is 6.31. The summed E-state index contributed by atoms with van der Waals surface area (Å²) in [5.41, 5.74) is 1.61. The Labute approximate surface area is 157 Å². The average molecular weight is 377 g/mol. The molecule has 2 aromatic carbocycles. The molecular weight excluding hydrogens is 355 g/mol. The number of rotatable bonds is 3. The van der Waals surface area contributed by atoms with Crippen molar-refractivity contribution in [3.8, 4) is 5.75 Å². The van der Waals surface area contributed by atoms with Gasteiger partial charge in [0.1, 0.15) is 11.6 Å². The molecule has 1 heterocycles. The van der Waals surface area contributed by atoms with Gasteiger partial charge in [-0.3, -0.25) is 0 Å². The number of carbonyl (C=O) groups is 1. The summed E-state index contributed by atoms with van der Waals surface area (Å²) in [7, 11) is 1.55. The van der Waals surface area contributed by atoms with Crippen LogP contribution in [0.3, 0.4) is 0 Å². The smallest absolute Gasteiger partial charge is 0.321 e. The van der Waals surface area contributed by atoms with Crippen molar-refractivity contribution < 1.29 is 13.9 Å². The number of halogens is 2. The van der Waals surface area contributed by atoms with Gasteiger partial charge in [-0.1, -0.05) is 30.2 Å². The molecule has 1 aliphatic rings. The number of hydrogen-bond donors (Lipinski definition) is 1. The Hall–Kier alpha value is -2.27. The maximum Gasteiger partial charge on any atom is 0.321 e. The molecule has 2 aromatic rings. The Balaban J connectivity index is 1.74. The molecule has 0 bridgehead atoms. The fourth-order valence-electron chi connectivity index (χ4n) is 3.31. The zero-order chi connectivity index (χ0) is 18.5. The van der Waals surface area contributed by atoms with Gasteiger partial charge in [-0.05, 0) is 48.7 Å². The van der Waals surface area contributed by atoms with Crippen LogP contribution in [0.2, 0.25) is 5.02 Å². The van der Waals surface area contributed by atoms with Crippen LogP contribution in [0, 0.1) is 5.82 Å². The van der Waals surface area contributed by atoms with E-state index in [1.165, 1.54) is 12.1 Å². The van der Waals surface area contributed by atoms with Gasteiger partial charge in [0, 0.05) is 24.0 Å². The molecule has 0 saturated carbocycles. The lowest BCUT2D eigenvalue weighted by Gasteiger charge is -2.25. The van der Waals surface area contributed by atoms with Gasteiger partial charge in [-0.25, -0.2) is 9.18 Å². The molecule has 2 amide bonds. The molecule has 3 rings (SSSR count). The number of anilines is 1. The number of likely N-dealkylation sites (tertiary alicyclic amines) is 1. The number of ether oxygens (including phenoxy) is 1. The second-order valence-electron chi connectivity index (χ2n) is 6.47. The van der Waals surface area contributed by atoms with Crippen molar-refractivity contribution in [3.05, 3.63) is 58.9 Å². The Kier molecular flexibility index (Phi) is 5.99. The van der Waals surface area contributed by atoms with E-state index in [9.17, 15) is 9.18 Å². The molecule has 1 atom stereocenters. The summed E-state index contributed by atoms with van der Waals surface area (Å²) < 4.78 is 18.5. The SMILES string of the molecule is COc1ccc(Cl)cc1NC(=O)N1CCCCC(c2ccc(F)cc2)C1. The molecule has 138 valence electrons. The fourth-order valence-corrected chi connectivity index (χ4v) is 3.48. The largest absolute Gasteiger partial charge is 0.495 e. The summed E-state index contributed by atoms with van der Waals surface area (Å²) in [4.78, 5) is 14.6. The predicted molar refractivity (Wildman–Crippen MR) is 102 cm³/mol. The quantitative estimate of drug-likeness (QED) is 0.790. The van der Waals surface area contributed by atoms with Crippen LogP contribution in [0.1, 0.15) is 30.7 Å². The van der Waals surface area contributed by atoms with E-state index >= 15 is 0 Å². The third-order valence-corrected chi connectivity index (χ3v) is 4.94. The van der Waals surface area contributed by atoms with Gasteiger partial charge in [-0.15, -0.1) is 0 Å². The van der Waals surface area contributed by atoms with Gasteiger partial charge in [0.05, 0.1) is 12.8 Å². The van der Waals surface area contributed by atoms with Crippen LogP contribution < -0.4 is 10.1 Å². The molecule has 0 spiro atoms. The molecular formula is C20H22ClFN2O2. The molecule has 4 nitrogen and oxygen atoms in total. The third kappa shape index (κ3) is 4.47. The van der Waals surface area contributed by atoms with E-state index in [0.717, 1.165) is 24.8 Å². The first-order valence-electron chi connectivity index (χ1n) is 8.72. The molecule has 1 unspecified atom stereocenters. The number of methoxy groups -OCH3 is 1. The van der Waals surface area contributed by atoms with Crippen LogP contribution in [0.4, 0.5) is 14.9 Å². The lowest BCUT2D eigenvalue weighted by atomic mass is 9.94. The minimum Gasteiger partial charge on any atom is -0.495 e. The second-order valence-corrected chi connectivity index (χ2v) is 6.90. The number of amides is 2. The van der Waals surface area contributed by atoms with Crippen LogP contribution in [0.5, 0.6) is 5.75 Å². The standard InChI is InChI=1S/C20H22ClFN2O2/c1-26-19-10-7-16(21)12-18(19)23-20(25)24-11-3-2-4-15(13-24)14-5-8-17(22)9-6-14/h5-10,12,15H,2-4,11,13H2,1H3,(H,23,25). The van der Waals surface area contributed by atoms with Crippen molar-refractivity contribution >= 4 is 23.3 Å². The lowest BCUT2D eigenvalue weighted by Crippen LogP contribution is -2.37. The highest BCUT2D eigenvalue weighted by Gasteiger charge is 2.24. The first-order chi connectivity index (χ1) is 12.6. The number of urea groups is 1. The van der Waals surface area contributed by atoms with Gasteiger partial charge in [0.2, 0.25) is 0 Å². The zero-order valence-electron chi connectivity index (χ0n) is 14.7. The van der Waals surface area contributed by atoms with Gasteiger partial charge in [-0.2, -0.15) is 0 Å². The van der Waals surface area contributed by atoms with Crippen LogP contribution in [0.25, 0.3) is 0 Å². The fraction of sp³-hybridized carbons (Fsp3) is 0.350. The lowest BCUT2D eigenvalue weighted by molar-refractivity contribution is 0.211. The molecule has 1 saturated heterocycles. The van der Waals surface area contributed by atoms with E-state index in [-0.39, 0.29) is 17.8 Å². The van der Waals surface area contributed by atoms with Crippen molar-refractivity contribution in [1.29, 1.82) is 0 Å². The highest BCUT2D eigenvalue weighted by Crippen LogP contribution is 2.30. The number of benzene rings is 2. The van der Waals surface area contributed by atoms with E-state index in [1.54, 1.807) is 42.3 Å². The molecule has 1 N–H and O–H groups in total. The molecule has 0 aromatic heterocycles. The number of hydrogen-bond acceptors (Lipinski definition) is 2. The highest BCUT2D eigenvalue weighted by atomic mass is 35.5. The number of nitrogens with zero attached hydrogens (tertiary/aromatic N) is 1. The summed E-state index contributed by atoms with van der Waals surface area (Å²) in [6, 6.07) is 11.5. The summed E-state index contributed by atoms with van der Waals surface area (Å²) in [5, 5.41) is 3.43. The van der Waals surface area contributed by atoms with Crippen molar-refractivity contribution in [2.75, 3.05) is 25.5 Å². The normalized spacial score (nSPS) is 17.5. The van der Waals surface area contributed by atoms with Crippen molar-refractivity contribution in [3.63, 3.8) is 0 Å². The maximum atomic E-state index is 13.2. The average Bonchev–Trinajstić information content (AvgIpc) is 2.89. The topological polar surface area (TPSA) is 41.6 Å². The summed E-state index contributed by atoms with van der Waals surface area (Å²) in [6.07, 6.45) is 2.96. The molecule has 1 aliphatic heterocycles.